The molecular formula is C8H11O4P. The van der Waals surface area contributed by atoms with Gasteiger partial charge in [0.2, 0.25) is 0 Å². The summed E-state index contributed by atoms with van der Waals surface area (Å²) in [5.74, 6) is 0.369. The van der Waals surface area contributed by atoms with Gasteiger partial charge in [-0.25, -0.2) is 4.57 Å². The molecule has 0 bridgehead atoms. The third-order valence-corrected chi connectivity index (χ3v) is 1.94. The minimum absolute atomic E-state index is 0.0940. The smallest absolute Gasteiger partial charge is 0.365 e. The Bertz CT molecular complexity index is 283. The lowest BCUT2D eigenvalue weighted by molar-refractivity contribution is 0.299. The van der Waals surface area contributed by atoms with Gasteiger partial charge in [0.25, 0.3) is 0 Å². The Balaban J connectivity index is 2.64. The van der Waals surface area contributed by atoms with Gasteiger partial charge in [-0.15, -0.1) is 0 Å². The van der Waals surface area contributed by atoms with Gasteiger partial charge < -0.3 is 14.5 Å². The molecule has 0 radical (unpaired) electrons. The maximum atomic E-state index is 10.3. The van der Waals surface area contributed by atoms with Crippen LogP contribution in [0.2, 0.25) is 0 Å². The first-order valence-electron chi connectivity index (χ1n) is 3.83. The summed E-state index contributed by atoms with van der Waals surface area (Å²) in [5, 5.41) is 8.62. The van der Waals surface area contributed by atoms with E-state index in [1.54, 1.807) is 24.3 Å². The standard InChI is InChI=1S/C8H11O4P/c9-6-5-7-1-3-8(4-2-7)12-13(10)11/h1-4,9,13H,5-6H2,(H,10,11). The van der Waals surface area contributed by atoms with Crippen molar-refractivity contribution in [3.05, 3.63) is 29.8 Å². The van der Waals surface area contributed by atoms with Crippen LogP contribution in [0.3, 0.4) is 0 Å². The summed E-state index contributed by atoms with van der Waals surface area (Å²) in [6.07, 6.45) is 0.578. The molecule has 72 valence electrons. The quantitative estimate of drug-likeness (QED) is 0.714. The highest BCUT2D eigenvalue weighted by molar-refractivity contribution is 7.32. The van der Waals surface area contributed by atoms with E-state index in [0.717, 1.165) is 5.56 Å². The van der Waals surface area contributed by atoms with Crippen molar-refractivity contribution in [3.8, 4) is 5.75 Å². The van der Waals surface area contributed by atoms with Gasteiger partial charge in [-0.05, 0) is 24.1 Å². The molecule has 1 aromatic carbocycles. The predicted octanol–water partition coefficient (Wildman–Crippen LogP) is 0.982. The molecule has 0 fully saturated rings. The Morgan fingerprint density at radius 2 is 1.92 bits per heavy atom. The van der Waals surface area contributed by atoms with Crippen molar-refractivity contribution in [2.45, 2.75) is 6.42 Å². The Kier molecular flexibility index (Phi) is 3.96. The van der Waals surface area contributed by atoms with Crippen molar-refractivity contribution >= 4 is 8.25 Å². The van der Waals surface area contributed by atoms with Crippen molar-refractivity contribution in [2.24, 2.45) is 0 Å². The van der Waals surface area contributed by atoms with Crippen LogP contribution in [0.5, 0.6) is 5.75 Å². The molecule has 1 atom stereocenters. The van der Waals surface area contributed by atoms with Crippen molar-refractivity contribution < 1.29 is 19.1 Å². The van der Waals surface area contributed by atoms with Crippen LogP contribution in [0.1, 0.15) is 5.56 Å². The second-order valence-electron chi connectivity index (χ2n) is 2.49. The van der Waals surface area contributed by atoms with Crippen LogP contribution in [0.25, 0.3) is 0 Å². The van der Waals surface area contributed by atoms with Crippen molar-refractivity contribution in [2.75, 3.05) is 6.61 Å². The van der Waals surface area contributed by atoms with Crippen molar-refractivity contribution in [1.82, 2.24) is 0 Å². The van der Waals surface area contributed by atoms with E-state index in [-0.39, 0.29) is 6.61 Å². The second kappa shape index (κ2) is 5.02. The summed E-state index contributed by atoms with van der Waals surface area (Å²) < 4.78 is 14.9. The second-order valence-corrected chi connectivity index (χ2v) is 3.22. The van der Waals surface area contributed by atoms with E-state index in [0.29, 0.717) is 12.2 Å². The fourth-order valence-corrected chi connectivity index (χ4v) is 1.29. The molecule has 1 rings (SSSR count). The molecule has 0 spiro atoms. The summed E-state index contributed by atoms with van der Waals surface area (Å²) in [5.41, 5.74) is 0.965. The molecule has 0 aliphatic carbocycles. The molecule has 0 saturated heterocycles. The third-order valence-electron chi connectivity index (χ3n) is 1.53. The molecule has 0 amide bonds. The monoisotopic (exact) mass is 202 g/mol. The maximum Gasteiger partial charge on any atom is 0.365 e. The lowest BCUT2D eigenvalue weighted by Gasteiger charge is -2.02. The van der Waals surface area contributed by atoms with Gasteiger partial charge in [-0.3, -0.25) is 0 Å². The summed E-state index contributed by atoms with van der Waals surface area (Å²) in [4.78, 5) is 8.46. The summed E-state index contributed by atoms with van der Waals surface area (Å²) in [6.45, 7) is 0.0940. The Morgan fingerprint density at radius 1 is 1.31 bits per heavy atom. The molecule has 1 unspecified atom stereocenters. The zero-order valence-corrected chi connectivity index (χ0v) is 7.93. The number of benzene rings is 1. The molecule has 5 heteroatoms. The number of aliphatic hydroxyl groups is 1. The Labute approximate surface area is 76.7 Å². The number of hydrogen-bond acceptors (Lipinski definition) is 3. The highest BCUT2D eigenvalue weighted by atomic mass is 31.1. The molecule has 2 N–H and O–H groups in total. The van der Waals surface area contributed by atoms with Gasteiger partial charge >= 0.3 is 8.25 Å². The highest BCUT2D eigenvalue weighted by Gasteiger charge is 1.97. The molecule has 0 aromatic heterocycles. The first kappa shape index (κ1) is 10.3. The Hall–Kier alpha value is -0.830. The van der Waals surface area contributed by atoms with E-state index in [1.165, 1.54) is 0 Å². The zero-order valence-electron chi connectivity index (χ0n) is 6.93. The Morgan fingerprint density at radius 3 is 2.38 bits per heavy atom. The number of hydrogen-bond donors (Lipinski definition) is 2. The van der Waals surface area contributed by atoms with Crippen LogP contribution >= 0.6 is 8.25 Å². The molecule has 4 nitrogen and oxygen atoms in total. The predicted molar refractivity (Wildman–Crippen MR) is 49.1 cm³/mol. The highest BCUT2D eigenvalue weighted by Crippen LogP contribution is 2.22. The number of aliphatic hydroxyl groups excluding tert-OH is 1. The molecule has 0 aliphatic rings. The SMILES string of the molecule is O=[PH](O)Oc1ccc(CCO)cc1. The van der Waals surface area contributed by atoms with Crippen LogP contribution in [-0.2, 0) is 11.0 Å². The average Bonchev–Trinajstić information content (AvgIpc) is 2.08. The van der Waals surface area contributed by atoms with Gasteiger partial charge in [-0.1, -0.05) is 12.1 Å². The topological polar surface area (TPSA) is 66.8 Å². The van der Waals surface area contributed by atoms with E-state index in [9.17, 15) is 4.57 Å². The maximum absolute atomic E-state index is 10.3. The summed E-state index contributed by atoms with van der Waals surface area (Å²) in [7, 11) is -2.91. The van der Waals surface area contributed by atoms with Crippen LogP contribution < -0.4 is 4.52 Å². The average molecular weight is 202 g/mol. The fraction of sp³-hybridized carbons (Fsp3) is 0.250. The van der Waals surface area contributed by atoms with Gasteiger partial charge in [0.15, 0.2) is 0 Å². The van der Waals surface area contributed by atoms with Gasteiger partial charge in [0.05, 0.1) is 0 Å². The van der Waals surface area contributed by atoms with Crippen molar-refractivity contribution in [1.29, 1.82) is 0 Å². The minimum atomic E-state index is -2.91. The lowest BCUT2D eigenvalue weighted by atomic mass is 10.2. The minimum Gasteiger partial charge on any atom is -0.426 e. The normalized spacial score (nSPS) is 12.5. The molecule has 0 aliphatic heterocycles. The van der Waals surface area contributed by atoms with Gasteiger partial charge in [-0.2, -0.15) is 0 Å². The first-order chi connectivity index (χ1) is 6.22. The van der Waals surface area contributed by atoms with Gasteiger partial charge in [0.1, 0.15) is 5.75 Å². The lowest BCUT2D eigenvalue weighted by Crippen LogP contribution is -1.89. The van der Waals surface area contributed by atoms with Crippen LogP contribution in [-0.4, -0.2) is 16.6 Å². The molecule has 1 aromatic rings. The van der Waals surface area contributed by atoms with Crippen LogP contribution in [0.4, 0.5) is 0 Å². The van der Waals surface area contributed by atoms with E-state index in [4.69, 9.17) is 10.00 Å². The first-order valence-corrected chi connectivity index (χ1v) is 5.09. The molecular weight excluding hydrogens is 191 g/mol. The van der Waals surface area contributed by atoms with Gasteiger partial charge in [0, 0.05) is 6.61 Å². The number of rotatable bonds is 4. The van der Waals surface area contributed by atoms with E-state index in [1.807, 2.05) is 0 Å². The molecule has 0 heterocycles. The van der Waals surface area contributed by atoms with Crippen LogP contribution in [0, 0.1) is 0 Å². The fourth-order valence-electron chi connectivity index (χ4n) is 0.954. The summed E-state index contributed by atoms with van der Waals surface area (Å²) >= 11 is 0. The largest absolute Gasteiger partial charge is 0.426 e. The zero-order chi connectivity index (χ0) is 9.68. The van der Waals surface area contributed by atoms with E-state index >= 15 is 0 Å². The van der Waals surface area contributed by atoms with Crippen LogP contribution in [0.15, 0.2) is 24.3 Å². The summed E-state index contributed by atoms with van der Waals surface area (Å²) in [6, 6.07) is 6.69. The van der Waals surface area contributed by atoms with E-state index < -0.39 is 8.25 Å². The molecule has 13 heavy (non-hydrogen) atoms. The molecule has 0 saturated carbocycles. The van der Waals surface area contributed by atoms with E-state index in [2.05, 4.69) is 4.52 Å². The van der Waals surface area contributed by atoms with Crippen molar-refractivity contribution in [3.63, 3.8) is 0 Å². The third kappa shape index (κ3) is 3.59.